The number of morpholine rings is 1. The Hall–Kier alpha value is -3.95. The van der Waals surface area contributed by atoms with Crippen LogP contribution in [0.1, 0.15) is 99.7 Å². The number of carbonyl (C=O) groups is 2. The minimum Gasteiger partial charge on any atom is -0.399 e. The molecule has 1 aliphatic rings. The summed E-state index contributed by atoms with van der Waals surface area (Å²) in [5.41, 5.74) is 11.5. The molecule has 6 nitrogen and oxygen atoms in total. The molecule has 3 rings (SSSR count). The highest BCUT2D eigenvalue weighted by Crippen LogP contribution is 2.30. The molecule has 2 aromatic rings. The summed E-state index contributed by atoms with van der Waals surface area (Å²) in [4.78, 5) is 25.5. The van der Waals surface area contributed by atoms with Gasteiger partial charge in [-0.05, 0) is 100 Å². The number of ether oxygens (including phenoxy) is 1. The van der Waals surface area contributed by atoms with E-state index in [0.29, 0.717) is 35.5 Å². The monoisotopic (exact) mass is 555 g/mol. The zero-order valence-electron chi connectivity index (χ0n) is 26.1. The first kappa shape index (κ1) is 33.3. The first-order valence-corrected chi connectivity index (χ1v) is 13.8. The van der Waals surface area contributed by atoms with Gasteiger partial charge in [0.1, 0.15) is 6.29 Å². The first-order chi connectivity index (χ1) is 18.9. The topological polar surface area (TPSA) is 96.4 Å². The van der Waals surface area contributed by atoms with Crippen LogP contribution in [0.15, 0.2) is 72.5 Å². The summed E-state index contributed by atoms with van der Waals surface area (Å²) >= 11 is 0. The number of nitriles is 1. The third kappa shape index (κ3) is 9.58. The van der Waals surface area contributed by atoms with Gasteiger partial charge in [-0.2, -0.15) is 5.26 Å². The Kier molecular flexibility index (Phi) is 10.7. The number of carbonyl (C=O) groups excluding carboxylic acids is 2. The lowest BCUT2D eigenvalue weighted by molar-refractivity contribution is -0.171. The molecule has 6 heteroatoms. The molecule has 0 unspecified atom stereocenters. The van der Waals surface area contributed by atoms with Crippen molar-refractivity contribution in [2.75, 3.05) is 13.1 Å². The molecule has 2 N–H and O–H groups in total. The van der Waals surface area contributed by atoms with Crippen molar-refractivity contribution in [3.8, 4) is 6.07 Å². The molecule has 1 aliphatic heterocycles. The van der Waals surface area contributed by atoms with Gasteiger partial charge in [0.25, 0.3) is 5.91 Å². The van der Waals surface area contributed by atoms with Crippen LogP contribution >= 0.6 is 0 Å². The van der Waals surface area contributed by atoms with Crippen molar-refractivity contribution in [1.82, 2.24) is 4.90 Å². The van der Waals surface area contributed by atoms with Crippen molar-refractivity contribution >= 4 is 17.8 Å². The molecule has 0 spiro atoms. The molecule has 41 heavy (non-hydrogen) atoms. The lowest BCUT2D eigenvalue weighted by atomic mass is 9.85. The van der Waals surface area contributed by atoms with Gasteiger partial charge in [0.05, 0.1) is 22.8 Å². The summed E-state index contributed by atoms with van der Waals surface area (Å²) < 4.78 is 6.07. The van der Waals surface area contributed by atoms with Gasteiger partial charge >= 0.3 is 0 Å². The molecular formula is C35H45N3O3. The van der Waals surface area contributed by atoms with Crippen LogP contribution in [0.25, 0.3) is 5.57 Å². The SMILES string of the molecule is C=C(C)/C(=C\C(N)=C/C)c1ccc(C(=O)N2CC(C)(C)OC(C)(C)C2)cc1.CC(C)(C)c1cc(C#N)cc(C=O)c1. The van der Waals surface area contributed by atoms with Crippen LogP contribution in [0.5, 0.6) is 0 Å². The van der Waals surface area contributed by atoms with Gasteiger partial charge in [-0.1, -0.05) is 51.1 Å². The van der Waals surface area contributed by atoms with E-state index in [-0.39, 0.29) is 22.5 Å². The number of allylic oxidation sites excluding steroid dienone is 4. The molecule has 0 bridgehead atoms. The van der Waals surface area contributed by atoms with Gasteiger partial charge in [-0.15, -0.1) is 0 Å². The predicted molar refractivity (Wildman–Crippen MR) is 168 cm³/mol. The fourth-order valence-electron chi connectivity index (χ4n) is 4.83. The van der Waals surface area contributed by atoms with Gasteiger partial charge in [0.15, 0.2) is 0 Å². The van der Waals surface area contributed by atoms with Crippen molar-refractivity contribution < 1.29 is 14.3 Å². The van der Waals surface area contributed by atoms with Crippen LogP contribution in [-0.4, -0.2) is 41.4 Å². The van der Waals surface area contributed by atoms with Crippen LogP contribution in [0.3, 0.4) is 0 Å². The number of nitrogens with two attached hydrogens (primary N) is 1. The summed E-state index contributed by atoms with van der Waals surface area (Å²) in [7, 11) is 0. The first-order valence-electron chi connectivity index (χ1n) is 13.8. The molecule has 1 heterocycles. The lowest BCUT2D eigenvalue weighted by Gasteiger charge is -2.47. The smallest absolute Gasteiger partial charge is 0.254 e. The average molecular weight is 556 g/mol. The highest BCUT2D eigenvalue weighted by atomic mass is 16.5. The van der Waals surface area contributed by atoms with E-state index in [1.165, 1.54) is 0 Å². The van der Waals surface area contributed by atoms with Crippen molar-refractivity contribution in [1.29, 1.82) is 5.26 Å². The lowest BCUT2D eigenvalue weighted by Crippen LogP contribution is -2.58. The quantitative estimate of drug-likeness (QED) is 0.311. The minimum atomic E-state index is -0.364. The maximum absolute atomic E-state index is 13.0. The number of aldehydes is 1. The molecule has 0 aliphatic carbocycles. The van der Waals surface area contributed by atoms with Crippen molar-refractivity contribution in [2.24, 2.45) is 5.73 Å². The second-order valence-electron chi connectivity index (χ2n) is 12.8. The summed E-state index contributed by atoms with van der Waals surface area (Å²) in [6, 6.07) is 15.0. The van der Waals surface area contributed by atoms with Gasteiger partial charge in [0, 0.05) is 29.9 Å². The van der Waals surface area contributed by atoms with E-state index >= 15 is 0 Å². The maximum Gasteiger partial charge on any atom is 0.254 e. The van der Waals surface area contributed by atoms with E-state index in [4.69, 9.17) is 15.7 Å². The van der Waals surface area contributed by atoms with E-state index in [1.54, 1.807) is 6.07 Å². The average Bonchev–Trinajstić information content (AvgIpc) is 2.88. The number of amides is 1. The normalized spacial score (nSPS) is 16.6. The number of hydrogen-bond donors (Lipinski definition) is 1. The second-order valence-corrected chi connectivity index (χ2v) is 12.8. The molecular weight excluding hydrogens is 510 g/mol. The van der Waals surface area contributed by atoms with Crippen LogP contribution in [0.2, 0.25) is 0 Å². The van der Waals surface area contributed by atoms with E-state index in [0.717, 1.165) is 28.6 Å². The van der Waals surface area contributed by atoms with Crippen molar-refractivity contribution in [2.45, 2.75) is 78.9 Å². The summed E-state index contributed by atoms with van der Waals surface area (Å²) in [6.07, 6.45) is 4.53. The molecule has 218 valence electrons. The number of rotatable bonds is 5. The molecule has 0 aromatic heterocycles. The molecule has 1 saturated heterocycles. The largest absolute Gasteiger partial charge is 0.399 e. The fourth-order valence-corrected chi connectivity index (χ4v) is 4.83. The number of hydrogen-bond acceptors (Lipinski definition) is 5. The Morgan fingerprint density at radius 2 is 1.59 bits per heavy atom. The van der Waals surface area contributed by atoms with E-state index in [2.05, 4.69) is 33.4 Å². The Morgan fingerprint density at radius 3 is 2.02 bits per heavy atom. The fraction of sp³-hybridized carbons (Fsp3) is 0.400. The van der Waals surface area contributed by atoms with Gasteiger partial charge < -0.3 is 15.4 Å². The molecule has 1 amide bonds. The van der Waals surface area contributed by atoms with Gasteiger partial charge in [-0.25, -0.2) is 0 Å². The second kappa shape index (κ2) is 13.1. The Morgan fingerprint density at radius 1 is 1.05 bits per heavy atom. The maximum atomic E-state index is 13.0. The highest BCUT2D eigenvalue weighted by molar-refractivity contribution is 5.95. The Labute approximate surface area is 246 Å². The zero-order chi connectivity index (χ0) is 31.2. The van der Waals surface area contributed by atoms with Gasteiger partial charge in [0.2, 0.25) is 0 Å². The summed E-state index contributed by atoms with van der Waals surface area (Å²) in [6.45, 7) is 23.3. The Balaban J connectivity index is 0.000000353. The predicted octanol–water partition coefficient (Wildman–Crippen LogP) is 7.21. The van der Waals surface area contributed by atoms with Crippen molar-refractivity contribution in [3.05, 3.63) is 100 Å². The molecule has 0 radical (unpaired) electrons. The van der Waals surface area contributed by atoms with E-state index in [9.17, 15) is 9.59 Å². The van der Waals surface area contributed by atoms with Crippen LogP contribution < -0.4 is 5.73 Å². The minimum absolute atomic E-state index is 0.0276. The van der Waals surface area contributed by atoms with Gasteiger partial charge in [-0.3, -0.25) is 9.59 Å². The summed E-state index contributed by atoms with van der Waals surface area (Å²) in [5.74, 6) is 0.0276. The highest BCUT2D eigenvalue weighted by Gasteiger charge is 2.40. The standard InChI is InChI=1S/C23H32N2O2.C12H13NO/c1-8-19(24)13-20(16(2)3)17-9-11-18(12-10-17)21(26)25-14-22(4,5)27-23(6,7)15-25;1-12(2,3)11-5-9(7-13)4-10(6-11)8-14/h8-13H,2,14-15,24H2,1,3-7H3;4-6,8H,1-3H3/b19-8+,20-13+;. The zero-order valence-corrected chi connectivity index (χ0v) is 26.1. The number of nitrogens with zero attached hydrogens (tertiary/aromatic N) is 2. The third-order valence-electron chi connectivity index (χ3n) is 6.62. The molecule has 2 aromatic carbocycles. The van der Waals surface area contributed by atoms with Crippen LogP contribution in [0, 0.1) is 11.3 Å². The summed E-state index contributed by atoms with van der Waals surface area (Å²) in [5, 5.41) is 8.78. The number of benzene rings is 2. The van der Waals surface area contributed by atoms with Crippen molar-refractivity contribution in [3.63, 3.8) is 0 Å². The molecule has 1 fully saturated rings. The van der Waals surface area contributed by atoms with Crippen LogP contribution in [0.4, 0.5) is 0 Å². The molecule has 0 saturated carbocycles. The van der Waals surface area contributed by atoms with E-state index < -0.39 is 0 Å². The Bertz CT molecular complexity index is 1370. The third-order valence-corrected chi connectivity index (χ3v) is 6.62. The van der Waals surface area contributed by atoms with Crippen LogP contribution in [-0.2, 0) is 10.2 Å². The van der Waals surface area contributed by atoms with E-state index in [1.807, 2.05) is 95.0 Å². The molecule has 0 atom stereocenters.